The molecule has 8 heteroatoms. The Bertz CT molecular complexity index is 945. The molecule has 0 amide bonds. The van der Waals surface area contributed by atoms with E-state index in [0.29, 0.717) is 41.3 Å². The summed E-state index contributed by atoms with van der Waals surface area (Å²) >= 11 is 6.38. The number of fused-ring (bicyclic) bond motifs is 1. The van der Waals surface area contributed by atoms with E-state index in [1.165, 1.54) is 0 Å². The van der Waals surface area contributed by atoms with Crippen LogP contribution in [0, 0.1) is 0 Å². The second-order valence-electron chi connectivity index (χ2n) is 7.63. The van der Waals surface area contributed by atoms with E-state index in [-0.39, 0.29) is 5.78 Å². The molecule has 0 aliphatic carbocycles. The highest BCUT2D eigenvalue weighted by Crippen LogP contribution is 2.35. The summed E-state index contributed by atoms with van der Waals surface area (Å²) < 4.78 is 11.2. The number of ketones is 1. The van der Waals surface area contributed by atoms with Gasteiger partial charge in [-0.05, 0) is 41.3 Å². The second kappa shape index (κ2) is 8.63. The maximum Gasteiger partial charge on any atom is 0.170 e. The van der Waals surface area contributed by atoms with Crippen LogP contribution in [0.1, 0.15) is 39.6 Å². The van der Waals surface area contributed by atoms with Gasteiger partial charge in [-0.2, -0.15) is 0 Å². The molecule has 0 aromatic heterocycles. The zero-order valence-electron chi connectivity index (χ0n) is 16.1. The third-order valence-electron chi connectivity index (χ3n) is 5.62. The number of hydrogen-bond donors (Lipinski definition) is 4. The molecule has 2 aromatic rings. The molecule has 0 spiro atoms. The molecular formula is C22H23ClO7. The average molecular weight is 435 g/mol. The van der Waals surface area contributed by atoms with Gasteiger partial charge >= 0.3 is 0 Å². The first-order chi connectivity index (χ1) is 14.4. The Labute approximate surface area is 178 Å². The smallest absolute Gasteiger partial charge is 0.170 e. The predicted octanol–water partition coefficient (Wildman–Crippen LogP) is 1.41. The molecule has 0 saturated carbocycles. The number of rotatable bonds is 4. The standard InChI is InChI=1S/C22H23ClO7/c23-15-3-2-12(22-21(28)20(27)19(26)18(10-24)30-22)9-13(15)7-11-1-4-17-14(8-11)16(25)5-6-29-17/h1-4,8-9,18-22,24,26-28H,5-7,10H2. The van der Waals surface area contributed by atoms with Gasteiger partial charge in [0.2, 0.25) is 0 Å². The highest BCUT2D eigenvalue weighted by molar-refractivity contribution is 6.31. The van der Waals surface area contributed by atoms with Gasteiger partial charge in [-0.3, -0.25) is 4.79 Å². The van der Waals surface area contributed by atoms with Crippen molar-refractivity contribution in [3.05, 3.63) is 63.7 Å². The molecule has 1 saturated heterocycles. The molecule has 0 bridgehead atoms. The quantitative estimate of drug-likeness (QED) is 0.575. The third kappa shape index (κ3) is 3.97. The lowest BCUT2D eigenvalue weighted by Gasteiger charge is -2.40. The van der Waals surface area contributed by atoms with Crippen LogP contribution in [0.4, 0.5) is 0 Å². The Morgan fingerprint density at radius 3 is 2.60 bits per heavy atom. The predicted molar refractivity (Wildman–Crippen MR) is 108 cm³/mol. The molecular weight excluding hydrogens is 412 g/mol. The van der Waals surface area contributed by atoms with Crippen molar-refractivity contribution in [2.24, 2.45) is 0 Å². The van der Waals surface area contributed by atoms with Crippen molar-refractivity contribution in [1.82, 2.24) is 0 Å². The van der Waals surface area contributed by atoms with Crippen LogP contribution in [0.3, 0.4) is 0 Å². The van der Waals surface area contributed by atoms with Crippen molar-refractivity contribution in [2.75, 3.05) is 13.2 Å². The van der Waals surface area contributed by atoms with E-state index in [9.17, 15) is 25.2 Å². The summed E-state index contributed by atoms with van der Waals surface area (Å²) in [6, 6.07) is 10.5. The lowest BCUT2D eigenvalue weighted by atomic mass is 9.90. The monoisotopic (exact) mass is 434 g/mol. The van der Waals surface area contributed by atoms with E-state index in [0.717, 1.165) is 11.1 Å². The SMILES string of the molecule is O=C1CCOc2ccc(Cc3cc(C4OC(CO)C(O)C(O)C4O)ccc3Cl)cc21. The van der Waals surface area contributed by atoms with Crippen molar-refractivity contribution >= 4 is 17.4 Å². The Morgan fingerprint density at radius 2 is 1.83 bits per heavy atom. The number of halogens is 1. The molecule has 160 valence electrons. The Morgan fingerprint density at radius 1 is 1.03 bits per heavy atom. The molecule has 0 radical (unpaired) electrons. The number of benzene rings is 2. The van der Waals surface area contributed by atoms with Crippen LogP contribution in [-0.4, -0.2) is 63.8 Å². The van der Waals surface area contributed by atoms with Crippen molar-refractivity contribution in [3.8, 4) is 5.75 Å². The zero-order valence-corrected chi connectivity index (χ0v) is 16.8. The minimum atomic E-state index is -1.45. The van der Waals surface area contributed by atoms with Crippen LogP contribution in [-0.2, 0) is 11.2 Å². The third-order valence-corrected chi connectivity index (χ3v) is 5.98. The van der Waals surface area contributed by atoms with Gasteiger partial charge in [0.15, 0.2) is 5.78 Å². The van der Waals surface area contributed by atoms with Gasteiger partial charge in [-0.15, -0.1) is 0 Å². The minimum Gasteiger partial charge on any atom is -0.492 e. The molecule has 5 unspecified atom stereocenters. The van der Waals surface area contributed by atoms with Crippen molar-refractivity contribution in [2.45, 2.75) is 43.4 Å². The summed E-state index contributed by atoms with van der Waals surface area (Å²) in [6.07, 6.45) is -5.37. The largest absolute Gasteiger partial charge is 0.492 e. The fourth-order valence-corrected chi connectivity index (χ4v) is 4.11. The average Bonchev–Trinajstić information content (AvgIpc) is 2.75. The molecule has 30 heavy (non-hydrogen) atoms. The summed E-state index contributed by atoms with van der Waals surface area (Å²) in [6.45, 7) is -0.106. The van der Waals surface area contributed by atoms with Gasteiger partial charge in [-0.25, -0.2) is 0 Å². The van der Waals surface area contributed by atoms with Crippen molar-refractivity contribution < 1.29 is 34.7 Å². The molecule has 7 nitrogen and oxygen atoms in total. The highest BCUT2D eigenvalue weighted by Gasteiger charge is 2.44. The highest BCUT2D eigenvalue weighted by atomic mass is 35.5. The zero-order chi connectivity index (χ0) is 21.4. The number of Topliss-reactive ketones (excluding diaryl/α,β-unsaturated/α-hetero) is 1. The van der Waals surface area contributed by atoms with Gasteiger partial charge in [0.25, 0.3) is 0 Å². The molecule has 2 aromatic carbocycles. The Balaban J connectivity index is 1.61. The maximum atomic E-state index is 12.2. The summed E-state index contributed by atoms with van der Waals surface area (Å²) in [7, 11) is 0. The number of ether oxygens (including phenoxy) is 2. The van der Waals surface area contributed by atoms with E-state index in [1.807, 2.05) is 6.07 Å². The Kier molecular flexibility index (Phi) is 6.11. The van der Waals surface area contributed by atoms with E-state index in [4.69, 9.17) is 21.1 Å². The first kappa shape index (κ1) is 21.2. The lowest BCUT2D eigenvalue weighted by molar-refractivity contribution is -0.231. The maximum absolute atomic E-state index is 12.2. The number of hydrogen-bond acceptors (Lipinski definition) is 7. The van der Waals surface area contributed by atoms with E-state index in [1.54, 1.807) is 30.3 Å². The molecule has 2 aliphatic rings. The van der Waals surface area contributed by atoms with Gasteiger partial charge in [0.1, 0.15) is 36.3 Å². The van der Waals surface area contributed by atoms with Crippen LogP contribution >= 0.6 is 11.6 Å². The van der Waals surface area contributed by atoms with Crippen molar-refractivity contribution in [3.63, 3.8) is 0 Å². The Hall–Kier alpha value is -2.00. The van der Waals surface area contributed by atoms with Crippen LogP contribution in [0.25, 0.3) is 0 Å². The van der Waals surface area contributed by atoms with Gasteiger partial charge in [-0.1, -0.05) is 29.8 Å². The number of aliphatic hydroxyl groups is 4. The molecule has 5 atom stereocenters. The minimum absolute atomic E-state index is 0.0410. The van der Waals surface area contributed by atoms with E-state index >= 15 is 0 Å². The molecule has 2 heterocycles. The summed E-state index contributed by atoms with van der Waals surface area (Å²) in [5.41, 5.74) is 2.74. The fourth-order valence-electron chi connectivity index (χ4n) is 3.92. The number of carbonyl (C=O) groups excluding carboxylic acids is 1. The van der Waals surface area contributed by atoms with Gasteiger partial charge in [0.05, 0.1) is 18.8 Å². The lowest BCUT2D eigenvalue weighted by Crippen LogP contribution is -2.55. The molecule has 2 aliphatic heterocycles. The van der Waals surface area contributed by atoms with Gasteiger partial charge < -0.3 is 29.9 Å². The first-order valence-electron chi connectivity index (χ1n) is 9.77. The molecule has 4 N–H and O–H groups in total. The molecule has 1 fully saturated rings. The van der Waals surface area contributed by atoms with Gasteiger partial charge in [0, 0.05) is 11.4 Å². The number of carbonyl (C=O) groups is 1. The fraction of sp³-hybridized carbons (Fsp3) is 0.409. The first-order valence-corrected chi connectivity index (χ1v) is 10.1. The molecule has 4 rings (SSSR count). The second-order valence-corrected chi connectivity index (χ2v) is 8.04. The van der Waals surface area contributed by atoms with Crippen molar-refractivity contribution in [1.29, 1.82) is 0 Å². The van der Waals surface area contributed by atoms with E-state index < -0.39 is 37.1 Å². The van der Waals surface area contributed by atoms with Crippen LogP contribution in [0.15, 0.2) is 36.4 Å². The summed E-state index contributed by atoms with van der Waals surface area (Å²) in [5, 5.41) is 40.3. The van der Waals surface area contributed by atoms with Crippen LogP contribution < -0.4 is 4.74 Å². The summed E-state index contributed by atoms with van der Waals surface area (Å²) in [4.78, 5) is 12.2. The summed E-state index contributed by atoms with van der Waals surface area (Å²) in [5.74, 6) is 0.621. The van der Waals surface area contributed by atoms with Crippen LogP contribution in [0.2, 0.25) is 5.02 Å². The van der Waals surface area contributed by atoms with Crippen LogP contribution in [0.5, 0.6) is 5.75 Å². The number of aliphatic hydroxyl groups excluding tert-OH is 4. The van der Waals surface area contributed by atoms with E-state index in [2.05, 4.69) is 0 Å². The normalized spacial score (nSPS) is 28.7. The topological polar surface area (TPSA) is 116 Å².